The molecule has 0 saturated heterocycles. The summed E-state index contributed by atoms with van der Waals surface area (Å²) in [5, 5.41) is 9.65. The van der Waals surface area contributed by atoms with Crippen LogP contribution in [0.2, 0.25) is 0 Å². The first-order valence-electron chi connectivity index (χ1n) is 11.2. The highest BCUT2D eigenvalue weighted by atomic mass is 16.4. The van der Waals surface area contributed by atoms with Crippen molar-refractivity contribution in [2.45, 2.75) is 33.6 Å². The summed E-state index contributed by atoms with van der Waals surface area (Å²) in [5.74, 6) is -0.872. The van der Waals surface area contributed by atoms with Crippen LogP contribution in [0, 0.1) is 19.8 Å². The number of rotatable bonds is 8. The lowest BCUT2D eigenvalue weighted by molar-refractivity contribution is -0.141. The number of hydrogen-bond acceptors (Lipinski definition) is 3. The molecule has 1 amide bonds. The van der Waals surface area contributed by atoms with Crippen molar-refractivity contribution in [2.75, 3.05) is 0 Å². The number of aryl methyl sites for hydroxylation is 2. The Balaban J connectivity index is 1.83. The molecule has 0 aliphatic rings. The fourth-order valence-electron chi connectivity index (χ4n) is 4.31. The summed E-state index contributed by atoms with van der Waals surface area (Å²) in [7, 11) is 0. The smallest absolute Gasteiger partial charge is 0.306 e. The highest BCUT2D eigenvalue weighted by molar-refractivity contribution is 5.93. The monoisotopic (exact) mass is 456 g/mol. The summed E-state index contributed by atoms with van der Waals surface area (Å²) in [6.07, 6.45) is 4.63. The Morgan fingerprint density at radius 3 is 2.35 bits per heavy atom. The Kier molecular flexibility index (Phi) is 6.36. The molecule has 0 bridgehead atoms. The maximum atomic E-state index is 11.8. The van der Waals surface area contributed by atoms with Crippen molar-refractivity contribution in [3.8, 4) is 22.6 Å². The van der Waals surface area contributed by atoms with Crippen molar-refractivity contribution in [1.82, 2.24) is 14.1 Å². The van der Waals surface area contributed by atoms with E-state index in [1.54, 1.807) is 18.3 Å². The molecular formula is C27H28N4O3. The summed E-state index contributed by atoms with van der Waals surface area (Å²) in [5.41, 5.74) is 11.5. The first-order chi connectivity index (χ1) is 16.3. The Bertz CT molecular complexity index is 1350. The molecule has 4 rings (SSSR count). The van der Waals surface area contributed by atoms with Gasteiger partial charge in [0.15, 0.2) is 0 Å². The summed E-state index contributed by atoms with van der Waals surface area (Å²) in [4.78, 5) is 27.7. The van der Waals surface area contributed by atoms with E-state index in [1.165, 1.54) is 0 Å². The minimum Gasteiger partial charge on any atom is -0.481 e. The number of aromatic nitrogens is 3. The Morgan fingerprint density at radius 2 is 1.79 bits per heavy atom. The number of nitrogens with zero attached hydrogens (tertiary/aromatic N) is 3. The lowest BCUT2D eigenvalue weighted by Crippen LogP contribution is -2.18. The second-order valence-electron chi connectivity index (χ2n) is 8.45. The molecular weight excluding hydrogens is 428 g/mol. The molecule has 0 aliphatic carbocycles. The van der Waals surface area contributed by atoms with E-state index in [1.807, 2.05) is 74.0 Å². The van der Waals surface area contributed by atoms with E-state index >= 15 is 0 Å². The van der Waals surface area contributed by atoms with Crippen LogP contribution < -0.4 is 5.73 Å². The molecule has 3 N–H and O–H groups in total. The molecule has 7 heteroatoms. The van der Waals surface area contributed by atoms with Gasteiger partial charge < -0.3 is 20.0 Å². The minimum atomic E-state index is -0.808. The molecule has 7 nitrogen and oxygen atoms in total. The fourth-order valence-corrected chi connectivity index (χ4v) is 4.31. The van der Waals surface area contributed by atoms with Gasteiger partial charge in [-0.05, 0) is 73.9 Å². The van der Waals surface area contributed by atoms with Gasteiger partial charge in [-0.25, -0.2) is 4.98 Å². The van der Waals surface area contributed by atoms with Crippen LogP contribution in [0.15, 0.2) is 67.0 Å². The van der Waals surface area contributed by atoms with Crippen molar-refractivity contribution in [1.29, 1.82) is 0 Å². The predicted octanol–water partition coefficient (Wildman–Crippen LogP) is 4.70. The van der Waals surface area contributed by atoms with Crippen molar-refractivity contribution in [3.05, 3.63) is 89.6 Å². The molecule has 4 aromatic rings. The van der Waals surface area contributed by atoms with Gasteiger partial charge in [-0.3, -0.25) is 9.59 Å². The second kappa shape index (κ2) is 9.39. The number of amides is 1. The SMILES string of the molecule is CCC(Cc1ccc(-c2ccc(-n3ccnc3C)cc2)n1-c1ccc(C(N)=O)cc1C)C(=O)O. The number of carboxylic acids is 1. The number of imidazole rings is 1. The van der Waals surface area contributed by atoms with Gasteiger partial charge in [0.25, 0.3) is 0 Å². The van der Waals surface area contributed by atoms with Gasteiger partial charge in [-0.1, -0.05) is 19.1 Å². The van der Waals surface area contributed by atoms with Crippen LogP contribution in [0.3, 0.4) is 0 Å². The van der Waals surface area contributed by atoms with E-state index < -0.39 is 17.8 Å². The number of carbonyl (C=O) groups is 2. The lowest BCUT2D eigenvalue weighted by Gasteiger charge is -2.19. The van der Waals surface area contributed by atoms with Crippen LogP contribution in [-0.4, -0.2) is 31.1 Å². The molecule has 174 valence electrons. The molecule has 1 unspecified atom stereocenters. The van der Waals surface area contributed by atoms with Crippen LogP contribution in [0.5, 0.6) is 0 Å². The zero-order chi connectivity index (χ0) is 24.4. The van der Waals surface area contributed by atoms with Gasteiger partial charge in [0, 0.05) is 41.4 Å². The zero-order valence-corrected chi connectivity index (χ0v) is 19.5. The van der Waals surface area contributed by atoms with Crippen LogP contribution in [-0.2, 0) is 11.2 Å². The van der Waals surface area contributed by atoms with Gasteiger partial charge in [-0.2, -0.15) is 0 Å². The number of carbonyl (C=O) groups excluding carboxylic acids is 1. The number of benzene rings is 2. The van der Waals surface area contributed by atoms with E-state index in [4.69, 9.17) is 5.73 Å². The van der Waals surface area contributed by atoms with Gasteiger partial charge in [0.05, 0.1) is 11.6 Å². The molecule has 2 heterocycles. The van der Waals surface area contributed by atoms with Crippen molar-refractivity contribution < 1.29 is 14.7 Å². The molecule has 0 saturated carbocycles. The number of hydrogen-bond donors (Lipinski definition) is 2. The molecule has 0 fully saturated rings. The summed E-state index contributed by atoms with van der Waals surface area (Å²) < 4.78 is 4.10. The second-order valence-corrected chi connectivity index (χ2v) is 8.45. The van der Waals surface area contributed by atoms with Crippen LogP contribution in [0.25, 0.3) is 22.6 Å². The molecule has 2 aromatic heterocycles. The maximum Gasteiger partial charge on any atom is 0.306 e. The summed E-state index contributed by atoms with van der Waals surface area (Å²) in [6.45, 7) is 5.77. The maximum absolute atomic E-state index is 11.8. The Morgan fingerprint density at radius 1 is 1.06 bits per heavy atom. The molecule has 2 aromatic carbocycles. The number of nitrogens with two attached hydrogens (primary N) is 1. The number of carboxylic acid groups (broad SMARTS) is 1. The normalized spacial score (nSPS) is 12.0. The van der Waals surface area contributed by atoms with Gasteiger partial charge >= 0.3 is 5.97 Å². The van der Waals surface area contributed by atoms with Gasteiger partial charge in [0.1, 0.15) is 5.82 Å². The Labute approximate surface area is 198 Å². The lowest BCUT2D eigenvalue weighted by atomic mass is 10.0. The van der Waals surface area contributed by atoms with E-state index in [9.17, 15) is 14.7 Å². The average molecular weight is 457 g/mol. The highest BCUT2D eigenvalue weighted by Gasteiger charge is 2.21. The van der Waals surface area contributed by atoms with Crippen molar-refractivity contribution in [2.24, 2.45) is 11.7 Å². The summed E-state index contributed by atoms with van der Waals surface area (Å²) >= 11 is 0. The van der Waals surface area contributed by atoms with Crippen LogP contribution in [0.4, 0.5) is 0 Å². The topological polar surface area (TPSA) is 103 Å². The third kappa shape index (κ3) is 4.37. The van der Waals surface area contributed by atoms with Crippen molar-refractivity contribution >= 4 is 11.9 Å². The first-order valence-corrected chi connectivity index (χ1v) is 11.2. The first kappa shape index (κ1) is 23.0. The third-order valence-corrected chi connectivity index (χ3v) is 6.25. The van der Waals surface area contributed by atoms with E-state index in [0.29, 0.717) is 18.4 Å². The fraction of sp³-hybridized carbons (Fsp3) is 0.222. The van der Waals surface area contributed by atoms with E-state index in [-0.39, 0.29) is 0 Å². The molecule has 1 atom stereocenters. The highest BCUT2D eigenvalue weighted by Crippen LogP contribution is 2.31. The average Bonchev–Trinajstić information content (AvgIpc) is 3.43. The molecule has 0 aliphatic heterocycles. The molecule has 34 heavy (non-hydrogen) atoms. The van der Waals surface area contributed by atoms with E-state index in [0.717, 1.165) is 39.7 Å². The standard InChI is InChI=1S/C27H28N4O3/c1-4-19(27(33)34)16-23-10-12-25(31(23)24-11-7-21(26(28)32)15-17(24)2)20-5-8-22(9-6-20)30-14-13-29-18(30)3/h5-15,19H,4,16H2,1-3H3,(H2,28,32)(H,33,34). The van der Waals surface area contributed by atoms with Gasteiger partial charge in [0.2, 0.25) is 5.91 Å². The predicted molar refractivity (Wildman–Crippen MR) is 131 cm³/mol. The molecule has 0 radical (unpaired) electrons. The van der Waals surface area contributed by atoms with Crippen molar-refractivity contribution in [3.63, 3.8) is 0 Å². The quantitative estimate of drug-likeness (QED) is 0.401. The van der Waals surface area contributed by atoms with Crippen LogP contribution >= 0.6 is 0 Å². The van der Waals surface area contributed by atoms with E-state index in [2.05, 4.69) is 9.55 Å². The molecule has 0 spiro atoms. The zero-order valence-electron chi connectivity index (χ0n) is 19.5. The number of aliphatic carboxylic acids is 1. The largest absolute Gasteiger partial charge is 0.481 e. The minimum absolute atomic E-state index is 0.398. The van der Waals surface area contributed by atoms with Crippen LogP contribution in [0.1, 0.15) is 40.8 Å². The van der Waals surface area contributed by atoms with Gasteiger partial charge in [-0.15, -0.1) is 0 Å². The Hall–Kier alpha value is -4.13. The third-order valence-electron chi connectivity index (χ3n) is 6.25. The summed E-state index contributed by atoms with van der Waals surface area (Å²) in [6, 6.07) is 17.5. The number of primary amides is 1.